The van der Waals surface area contributed by atoms with Crippen LogP contribution in [0, 0.1) is 24.2 Å². The summed E-state index contributed by atoms with van der Waals surface area (Å²) in [4.78, 5) is 16.0. The van der Waals surface area contributed by atoms with Gasteiger partial charge in [0.1, 0.15) is 17.4 Å². The molecule has 0 unspecified atom stereocenters. The highest BCUT2D eigenvalue weighted by Gasteiger charge is 2.21. The lowest BCUT2D eigenvalue weighted by molar-refractivity contribution is 0.116. The number of aliphatic hydroxyl groups excluding tert-OH is 1. The molecule has 4 heterocycles. The number of pyridine rings is 1. The molecule has 1 aliphatic rings. The highest BCUT2D eigenvalue weighted by atomic mass is 16.3. The van der Waals surface area contributed by atoms with Crippen LogP contribution in [0.2, 0.25) is 0 Å². The van der Waals surface area contributed by atoms with E-state index in [1.807, 2.05) is 60.8 Å². The molecule has 8 nitrogen and oxygen atoms in total. The molecule has 0 amide bonds. The first kappa shape index (κ1) is 24.9. The fourth-order valence-electron chi connectivity index (χ4n) is 5.09. The summed E-state index contributed by atoms with van der Waals surface area (Å²) in [6.45, 7) is 6.26. The zero-order chi connectivity index (χ0) is 25.9. The summed E-state index contributed by atoms with van der Waals surface area (Å²) in [6, 6.07) is 14.2. The SMILES string of the molecule is Cc1cccn2c(-c3nc(N[C@@H](C)c4ccc([C@@H](O)CC5CCN(C)CC5)cc4)ncc3C#N)cnc12. The number of fused-ring (bicyclic) bond motifs is 1. The van der Waals surface area contributed by atoms with E-state index in [-0.39, 0.29) is 6.04 Å². The van der Waals surface area contributed by atoms with E-state index in [0.29, 0.717) is 23.1 Å². The maximum Gasteiger partial charge on any atom is 0.223 e. The van der Waals surface area contributed by atoms with Gasteiger partial charge in [0.25, 0.3) is 0 Å². The number of nitriles is 1. The predicted octanol–water partition coefficient (Wildman–Crippen LogP) is 4.91. The first-order valence-electron chi connectivity index (χ1n) is 12.9. The highest BCUT2D eigenvalue weighted by molar-refractivity contribution is 5.68. The van der Waals surface area contributed by atoms with E-state index in [1.54, 1.807) is 12.4 Å². The van der Waals surface area contributed by atoms with Crippen molar-refractivity contribution < 1.29 is 5.11 Å². The van der Waals surface area contributed by atoms with Gasteiger partial charge in [0.15, 0.2) is 0 Å². The van der Waals surface area contributed by atoms with Crippen LogP contribution in [0.15, 0.2) is 55.0 Å². The fraction of sp³-hybridized carbons (Fsp3) is 0.379. The van der Waals surface area contributed by atoms with Gasteiger partial charge in [-0.25, -0.2) is 15.0 Å². The van der Waals surface area contributed by atoms with Crippen LogP contribution in [0.4, 0.5) is 5.95 Å². The molecule has 2 N–H and O–H groups in total. The second-order valence-electron chi connectivity index (χ2n) is 10.1. The lowest BCUT2D eigenvalue weighted by Gasteiger charge is -2.30. The summed E-state index contributed by atoms with van der Waals surface area (Å²) in [7, 11) is 2.16. The van der Waals surface area contributed by atoms with Crippen molar-refractivity contribution >= 4 is 11.6 Å². The molecule has 37 heavy (non-hydrogen) atoms. The molecule has 190 valence electrons. The van der Waals surface area contributed by atoms with E-state index in [1.165, 1.54) is 0 Å². The van der Waals surface area contributed by atoms with Gasteiger partial charge in [-0.15, -0.1) is 0 Å². The average Bonchev–Trinajstić information content (AvgIpc) is 3.35. The van der Waals surface area contributed by atoms with Crippen molar-refractivity contribution in [1.82, 2.24) is 24.3 Å². The Labute approximate surface area is 217 Å². The van der Waals surface area contributed by atoms with Gasteiger partial charge in [0.2, 0.25) is 5.95 Å². The molecule has 8 heteroatoms. The number of rotatable bonds is 7. The van der Waals surface area contributed by atoms with Crippen molar-refractivity contribution in [2.75, 3.05) is 25.5 Å². The lowest BCUT2D eigenvalue weighted by Crippen LogP contribution is -2.30. The summed E-state index contributed by atoms with van der Waals surface area (Å²) in [6.07, 6.45) is 7.88. The first-order chi connectivity index (χ1) is 17.9. The molecule has 4 aromatic rings. The standard InChI is InChI=1S/C29H33N7O/c1-19-5-4-12-36-25(18-31-28(19)36)27-24(16-30)17-32-29(34-27)33-20(2)22-6-8-23(9-7-22)26(37)15-21-10-13-35(3)14-11-21/h4-9,12,17-18,20-21,26,37H,10-11,13-15H2,1-3H3,(H,32,33,34)/t20-,26-/m0/s1. The molecule has 0 spiro atoms. The minimum absolute atomic E-state index is 0.0645. The van der Waals surface area contributed by atoms with E-state index in [0.717, 1.165) is 60.4 Å². The second-order valence-corrected chi connectivity index (χ2v) is 10.1. The molecule has 1 saturated heterocycles. The summed E-state index contributed by atoms with van der Waals surface area (Å²) in [5.41, 5.74) is 5.58. The van der Waals surface area contributed by atoms with Crippen LogP contribution in [0.1, 0.15) is 60.6 Å². The second kappa shape index (κ2) is 10.7. The van der Waals surface area contributed by atoms with E-state index < -0.39 is 6.10 Å². The Morgan fingerprint density at radius 3 is 2.57 bits per heavy atom. The van der Waals surface area contributed by atoms with Crippen molar-refractivity contribution in [1.29, 1.82) is 5.26 Å². The summed E-state index contributed by atoms with van der Waals surface area (Å²) < 4.78 is 1.95. The summed E-state index contributed by atoms with van der Waals surface area (Å²) >= 11 is 0. The van der Waals surface area contributed by atoms with Gasteiger partial charge in [-0.2, -0.15) is 5.26 Å². The van der Waals surface area contributed by atoms with Gasteiger partial charge in [0.05, 0.1) is 35.8 Å². The van der Waals surface area contributed by atoms with Gasteiger partial charge in [-0.05, 0) is 81.9 Å². The minimum atomic E-state index is -0.441. The van der Waals surface area contributed by atoms with Crippen LogP contribution in [0.3, 0.4) is 0 Å². The van der Waals surface area contributed by atoms with Gasteiger partial charge in [0, 0.05) is 6.20 Å². The number of likely N-dealkylation sites (tertiary alicyclic amines) is 1. The Kier molecular flexibility index (Phi) is 7.17. The number of aliphatic hydroxyl groups is 1. The molecule has 2 atom stereocenters. The fourth-order valence-corrected chi connectivity index (χ4v) is 5.09. The summed E-state index contributed by atoms with van der Waals surface area (Å²) in [5.74, 6) is 1.02. The van der Waals surface area contributed by atoms with E-state index >= 15 is 0 Å². The normalized spacial score (nSPS) is 16.4. The summed E-state index contributed by atoms with van der Waals surface area (Å²) in [5, 5.41) is 23.8. The third-order valence-corrected chi connectivity index (χ3v) is 7.44. The van der Waals surface area contributed by atoms with Crippen molar-refractivity contribution in [3.05, 3.63) is 77.2 Å². The number of nitrogens with one attached hydrogen (secondary N) is 1. The van der Waals surface area contributed by atoms with Crippen LogP contribution in [-0.4, -0.2) is 49.5 Å². The van der Waals surface area contributed by atoms with Crippen molar-refractivity contribution in [2.24, 2.45) is 5.92 Å². The number of aromatic nitrogens is 4. The van der Waals surface area contributed by atoms with Crippen LogP contribution in [-0.2, 0) is 0 Å². The minimum Gasteiger partial charge on any atom is -0.388 e. The molecule has 0 aliphatic carbocycles. The molecule has 1 aliphatic heterocycles. The lowest BCUT2D eigenvalue weighted by atomic mass is 9.89. The number of anilines is 1. The number of imidazole rings is 1. The van der Waals surface area contributed by atoms with Crippen molar-refractivity contribution in [3.63, 3.8) is 0 Å². The molecule has 0 radical (unpaired) electrons. The molecular formula is C29H33N7O. The van der Waals surface area contributed by atoms with Crippen LogP contribution < -0.4 is 5.32 Å². The van der Waals surface area contributed by atoms with Gasteiger partial charge in [-0.3, -0.25) is 4.40 Å². The van der Waals surface area contributed by atoms with Crippen molar-refractivity contribution in [2.45, 2.75) is 45.3 Å². The smallest absolute Gasteiger partial charge is 0.223 e. The number of aryl methyl sites for hydroxylation is 1. The molecule has 5 rings (SSSR count). The quantitative estimate of drug-likeness (QED) is 0.376. The number of hydrogen-bond donors (Lipinski definition) is 2. The largest absolute Gasteiger partial charge is 0.388 e. The first-order valence-corrected chi connectivity index (χ1v) is 12.9. The predicted molar refractivity (Wildman–Crippen MR) is 144 cm³/mol. The van der Waals surface area contributed by atoms with Gasteiger partial charge in [-0.1, -0.05) is 30.3 Å². The number of benzene rings is 1. The Hall–Kier alpha value is -3.80. The van der Waals surface area contributed by atoms with Crippen LogP contribution in [0.5, 0.6) is 0 Å². The molecular weight excluding hydrogens is 462 g/mol. The molecule has 0 saturated carbocycles. The molecule has 1 fully saturated rings. The number of nitrogens with zero attached hydrogens (tertiary/aromatic N) is 6. The van der Waals surface area contributed by atoms with Gasteiger partial charge < -0.3 is 15.3 Å². The zero-order valence-corrected chi connectivity index (χ0v) is 21.6. The number of piperidine rings is 1. The average molecular weight is 496 g/mol. The third kappa shape index (κ3) is 5.33. The topological polar surface area (TPSA) is 102 Å². The monoisotopic (exact) mass is 495 g/mol. The highest BCUT2D eigenvalue weighted by Crippen LogP contribution is 2.29. The Morgan fingerprint density at radius 1 is 1.11 bits per heavy atom. The molecule has 1 aromatic carbocycles. The van der Waals surface area contributed by atoms with E-state index in [4.69, 9.17) is 4.98 Å². The maximum atomic E-state index is 10.8. The third-order valence-electron chi connectivity index (χ3n) is 7.44. The van der Waals surface area contributed by atoms with E-state index in [9.17, 15) is 10.4 Å². The van der Waals surface area contributed by atoms with Gasteiger partial charge >= 0.3 is 0 Å². The van der Waals surface area contributed by atoms with E-state index in [2.05, 4.69) is 33.3 Å². The van der Waals surface area contributed by atoms with Crippen LogP contribution >= 0.6 is 0 Å². The molecule has 0 bridgehead atoms. The number of hydrogen-bond acceptors (Lipinski definition) is 7. The van der Waals surface area contributed by atoms with Crippen molar-refractivity contribution in [3.8, 4) is 17.5 Å². The Balaban J connectivity index is 1.30. The Bertz CT molecular complexity index is 1410. The van der Waals surface area contributed by atoms with Crippen LogP contribution in [0.25, 0.3) is 17.0 Å². The zero-order valence-electron chi connectivity index (χ0n) is 21.6. The Morgan fingerprint density at radius 2 is 1.84 bits per heavy atom. The maximum absolute atomic E-state index is 10.8. The molecule has 3 aromatic heterocycles.